The monoisotopic (exact) mass is 366 g/mol. The molecule has 0 radical (unpaired) electrons. The molecule has 1 aliphatic carbocycles. The lowest BCUT2D eigenvalue weighted by molar-refractivity contribution is -0.120. The molecule has 1 unspecified atom stereocenters. The quantitative estimate of drug-likeness (QED) is 0.733. The van der Waals surface area contributed by atoms with E-state index in [9.17, 15) is 9.18 Å². The molecule has 1 heterocycles. The molecule has 5 nitrogen and oxygen atoms in total. The molecule has 1 atom stereocenters. The van der Waals surface area contributed by atoms with E-state index in [-0.39, 0.29) is 23.8 Å². The summed E-state index contributed by atoms with van der Waals surface area (Å²) in [5, 5.41) is 14.7. The lowest BCUT2D eigenvalue weighted by Gasteiger charge is -2.15. The summed E-state index contributed by atoms with van der Waals surface area (Å²) >= 11 is 2.76. The summed E-state index contributed by atoms with van der Waals surface area (Å²) in [5.74, 6) is -0.382. The normalized spacial score (nSPS) is 15.3. The highest BCUT2D eigenvalue weighted by Crippen LogP contribution is 2.38. The van der Waals surface area contributed by atoms with E-state index >= 15 is 0 Å². The first kappa shape index (κ1) is 17.2. The van der Waals surface area contributed by atoms with Crippen LogP contribution in [0, 0.1) is 5.82 Å². The minimum Gasteiger partial charge on any atom is -0.358 e. The number of hydrogen-bond acceptors (Lipinski definition) is 6. The van der Waals surface area contributed by atoms with E-state index in [1.165, 1.54) is 35.2 Å². The molecule has 0 saturated heterocycles. The number of halogens is 1. The molecule has 8 heteroatoms. The molecule has 0 aliphatic heterocycles. The predicted molar refractivity (Wildman–Crippen MR) is 94.8 cm³/mol. The Bertz CT molecular complexity index is 700. The smallest absolute Gasteiger partial charge is 0.238 e. The van der Waals surface area contributed by atoms with Crippen LogP contribution in [0.2, 0.25) is 0 Å². The van der Waals surface area contributed by atoms with Crippen LogP contribution in [0.1, 0.15) is 37.5 Å². The van der Waals surface area contributed by atoms with E-state index in [1.807, 2.05) is 13.8 Å². The van der Waals surface area contributed by atoms with Crippen molar-refractivity contribution in [1.82, 2.24) is 15.5 Å². The summed E-state index contributed by atoms with van der Waals surface area (Å²) in [5.41, 5.74) is 0.758. The van der Waals surface area contributed by atoms with E-state index in [1.54, 1.807) is 12.1 Å². The third-order valence-corrected chi connectivity index (χ3v) is 5.56. The summed E-state index contributed by atoms with van der Waals surface area (Å²) < 4.78 is 13.9. The van der Waals surface area contributed by atoms with Gasteiger partial charge in [-0.15, -0.1) is 10.2 Å². The van der Waals surface area contributed by atoms with Crippen molar-refractivity contribution in [3.63, 3.8) is 0 Å². The molecule has 128 valence electrons. The zero-order valence-corrected chi connectivity index (χ0v) is 15.1. The number of rotatable bonds is 7. The number of benzene rings is 1. The number of aromatic nitrogens is 2. The molecule has 1 aromatic heterocycles. The molecular formula is C16H19FN4OS2. The lowest BCUT2D eigenvalue weighted by Crippen LogP contribution is -2.29. The van der Waals surface area contributed by atoms with Crippen molar-refractivity contribution in [2.75, 3.05) is 5.32 Å². The van der Waals surface area contributed by atoms with E-state index < -0.39 is 5.25 Å². The van der Waals surface area contributed by atoms with E-state index in [0.717, 1.165) is 23.5 Å². The van der Waals surface area contributed by atoms with Gasteiger partial charge >= 0.3 is 0 Å². The fourth-order valence-corrected chi connectivity index (χ4v) is 4.18. The lowest BCUT2D eigenvalue weighted by atomic mass is 10.1. The van der Waals surface area contributed by atoms with Crippen LogP contribution < -0.4 is 10.6 Å². The zero-order valence-electron chi connectivity index (χ0n) is 13.5. The molecule has 3 rings (SSSR count). The Kier molecular flexibility index (Phi) is 5.35. The van der Waals surface area contributed by atoms with Crippen LogP contribution in [0.5, 0.6) is 0 Å². The van der Waals surface area contributed by atoms with Crippen molar-refractivity contribution in [3.8, 4) is 0 Å². The minimum atomic E-state index is -0.467. The van der Waals surface area contributed by atoms with Gasteiger partial charge in [-0.25, -0.2) is 4.39 Å². The molecule has 2 N–H and O–H groups in total. The van der Waals surface area contributed by atoms with Crippen LogP contribution in [-0.2, 0) is 4.79 Å². The third-order valence-electron chi connectivity index (χ3n) is 3.37. The predicted octanol–water partition coefficient (Wildman–Crippen LogP) is 3.61. The van der Waals surface area contributed by atoms with Crippen LogP contribution in [0.4, 0.5) is 9.52 Å². The maximum atomic E-state index is 13.2. The average Bonchev–Trinajstić information content (AvgIpc) is 3.23. The van der Waals surface area contributed by atoms with Gasteiger partial charge in [-0.1, -0.05) is 35.2 Å². The van der Waals surface area contributed by atoms with Crippen molar-refractivity contribution in [1.29, 1.82) is 0 Å². The standard InChI is InChI=1S/C16H19FN4OS2/c1-9(2)18-15-20-21-16(24-15)23-13(14(22)19-12-7-8-12)10-3-5-11(17)6-4-10/h3-6,9,12-13H,7-8H2,1-2H3,(H,18,20)(H,19,22). The van der Waals surface area contributed by atoms with Gasteiger partial charge in [0.1, 0.15) is 11.1 Å². The largest absolute Gasteiger partial charge is 0.358 e. The fraction of sp³-hybridized carbons (Fsp3) is 0.438. The number of nitrogens with zero attached hydrogens (tertiary/aromatic N) is 2. The second-order valence-electron chi connectivity index (χ2n) is 6.00. The number of carbonyl (C=O) groups is 1. The second-order valence-corrected chi connectivity index (χ2v) is 8.33. The van der Waals surface area contributed by atoms with Crippen LogP contribution in [0.15, 0.2) is 28.6 Å². The Morgan fingerprint density at radius 1 is 1.29 bits per heavy atom. The van der Waals surface area contributed by atoms with Gasteiger partial charge in [-0.3, -0.25) is 4.79 Å². The molecule has 1 aromatic carbocycles. The molecule has 0 bridgehead atoms. The first-order valence-electron chi connectivity index (χ1n) is 7.84. The molecule has 0 spiro atoms. The number of nitrogens with one attached hydrogen (secondary N) is 2. The molecule has 1 aliphatic rings. The maximum absolute atomic E-state index is 13.2. The highest BCUT2D eigenvalue weighted by molar-refractivity contribution is 8.01. The summed E-state index contributed by atoms with van der Waals surface area (Å²) in [6.07, 6.45) is 2.04. The number of amides is 1. The number of thioether (sulfide) groups is 1. The Morgan fingerprint density at radius 3 is 2.62 bits per heavy atom. The minimum absolute atomic E-state index is 0.0670. The molecule has 1 fully saturated rings. The van der Waals surface area contributed by atoms with Gasteiger partial charge in [0, 0.05) is 12.1 Å². The Labute approximate surface area is 148 Å². The topological polar surface area (TPSA) is 66.9 Å². The van der Waals surface area contributed by atoms with Gasteiger partial charge in [0.2, 0.25) is 11.0 Å². The second kappa shape index (κ2) is 7.48. The Morgan fingerprint density at radius 2 is 2.00 bits per heavy atom. The average molecular weight is 366 g/mol. The number of anilines is 1. The fourth-order valence-electron chi connectivity index (χ4n) is 2.08. The van der Waals surface area contributed by atoms with Gasteiger partial charge in [-0.2, -0.15) is 0 Å². The Balaban J connectivity index is 1.77. The summed E-state index contributed by atoms with van der Waals surface area (Å²) in [6, 6.07) is 6.58. The first-order valence-corrected chi connectivity index (χ1v) is 9.53. The third kappa shape index (κ3) is 4.67. The van der Waals surface area contributed by atoms with Crippen LogP contribution in [-0.4, -0.2) is 28.2 Å². The van der Waals surface area contributed by atoms with Gasteiger partial charge in [0.05, 0.1) is 0 Å². The van der Waals surface area contributed by atoms with Crippen molar-refractivity contribution in [2.45, 2.75) is 48.4 Å². The highest BCUT2D eigenvalue weighted by atomic mass is 32.2. The van der Waals surface area contributed by atoms with Crippen LogP contribution in [0.3, 0.4) is 0 Å². The summed E-state index contributed by atoms with van der Waals surface area (Å²) in [4.78, 5) is 12.6. The molecular weight excluding hydrogens is 347 g/mol. The van der Waals surface area contributed by atoms with Gasteiger partial charge < -0.3 is 10.6 Å². The van der Waals surface area contributed by atoms with E-state index in [4.69, 9.17) is 0 Å². The molecule has 24 heavy (non-hydrogen) atoms. The van der Waals surface area contributed by atoms with E-state index in [0.29, 0.717) is 4.34 Å². The number of carbonyl (C=O) groups excluding carboxylic acids is 1. The zero-order chi connectivity index (χ0) is 17.1. The van der Waals surface area contributed by atoms with Crippen molar-refractivity contribution >= 4 is 34.1 Å². The summed E-state index contributed by atoms with van der Waals surface area (Å²) in [7, 11) is 0. The Hall–Kier alpha value is -1.67. The van der Waals surface area contributed by atoms with E-state index in [2.05, 4.69) is 20.8 Å². The molecule has 1 amide bonds. The van der Waals surface area contributed by atoms with Gasteiger partial charge in [-0.05, 0) is 44.4 Å². The van der Waals surface area contributed by atoms with Crippen molar-refractivity contribution in [3.05, 3.63) is 35.6 Å². The highest BCUT2D eigenvalue weighted by Gasteiger charge is 2.30. The molecule has 1 saturated carbocycles. The van der Waals surface area contributed by atoms with Crippen molar-refractivity contribution < 1.29 is 9.18 Å². The first-order chi connectivity index (χ1) is 11.5. The van der Waals surface area contributed by atoms with Crippen molar-refractivity contribution in [2.24, 2.45) is 0 Å². The maximum Gasteiger partial charge on any atom is 0.238 e. The van der Waals surface area contributed by atoms with Crippen LogP contribution in [0.25, 0.3) is 0 Å². The van der Waals surface area contributed by atoms with Gasteiger partial charge in [0.25, 0.3) is 0 Å². The number of hydrogen-bond donors (Lipinski definition) is 2. The van der Waals surface area contributed by atoms with Crippen LogP contribution >= 0.6 is 23.1 Å². The SMILES string of the molecule is CC(C)Nc1nnc(SC(C(=O)NC2CC2)c2ccc(F)cc2)s1. The molecule has 2 aromatic rings. The van der Waals surface area contributed by atoms with Gasteiger partial charge in [0.15, 0.2) is 4.34 Å². The summed E-state index contributed by atoms with van der Waals surface area (Å²) in [6.45, 7) is 4.05.